The quantitative estimate of drug-likeness (QED) is 0.915. The molecule has 3 rings (SSSR count). The first-order valence-electron chi connectivity index (χ1n) is 7.02. The van der Waals surface area contributed by atoms with Gasteiger partial charge in [-0.25, -0.2) is 9.78 Å². The molecule has 2 aromatic rings. The van der Waals surface area contributed by atoms with Gasteiger partial charge in [0.15, 0.2) is 16.5 Å². The number of carboxylic acid groups (broad SMARTS) is 1. The molecule has 2 aromatic heterocycles. The molecular formula is C14H20N4O2S. The average Bonchev–Trinajstić information content (AvgIpc) is 2.91. The average molecular weight is 308 g/mol. The minimum atomic E-state index is -0.935. The molecule has 0 unspecified atom stereocenters. The van der Waals surface area contributed by atoms with E-state index in [-0.39, 0.29) is 11.2 Å². The lowest BCUT2D eigenvalue weighted by Gasteiger charge is -2.49. The summed E-state index contributed by atoms with van der Waals surface area (Å²) in [5.41, 5.74) is 0.392. The van der Waals surface area contributed by atoms with Crippen molar-refractivity contribution in [1.29, 1.82) is 0 Å². The maximum atomic E-state index is 11.6. The zero-order chi connectivity index (χ0) is 15.2. The van der Waals surface area contributed by atoms with Gasteiger partial charge < -0.3 is 14.9 Å². The van der Waals surface area contributed by atoms with Crippen molar-refractivity contribution in [3.63, 3.8) is 0 Å². The molecule has 1 aliphatic carbocycles. The van der Waals surface area contributed by atoms with E-state index in [1.807, 2.05) is 17.3 Å². The molecule has 6 nitrogen and oxygen atoms in total. The van der Waals surface area contributed by atoms with Crippen molar-refractivity contribution >= 4 is 28.1 Å². The Labute approximate surface area is 127 Å². The van der Waals surface area contributed by atoms with Crippen LogP contribution in [0.4, 0.5) is 5.82 Å². The molecule has 0 bridgehead atoms. The summed E-state index contributed by atoms with van der Waals surface area (Å²) in [4.78, 5) is 21.1. The lowest BCUT2D eigenvalue weighted by Crippen LogP contribution is -2.57. The second-order valence-electron chi connectivity index (χ2n) is 5.97. The van der Waals surface area contributed by atoms with Crippen LogP contribution in [0.25, 0.3) is 4.96 Å². The van der Waals surface area contributed by atoms with E-state index in [0.717, 1.165) is 24.3 Å². The van der Waals surface area contributed by atoms with Crippen LogP contribution in [0.5, 0.6) is 0 Å². The van der Waals surface area contributed by atoms with Crippen molar-refractivity contribution in [1.82, 2.24) is 14.3 Å². The highest BCUT2D eigenvalue weighted by Crippen LogP contribution is 2.38. The number of rotatable bonds is 5. The first-order valence-corrected chi connectivity index (χ1v) is 7.90. The highest BCUT2D eigenvalue weighted by atomic mass is 32.1. The van der Waals surface area contributed by atoms with E-state index in [1.54, 1.807) is 10.6 Å². The van der Waals surface area contributed by atoms with Crippen molar-refractivity contribution in [2.24, 2.45) is 0 Å². The summed E-state index contributed by atoms with van der Waals surface area (Å²) in [5, 5.41) is 11.4. The maximum absolute atomic E-state index is 11.6. The van der Waals surface area contributed by atoms with Gasteiger partial charge in [-0.05, 0) is 33.4 Å². The van der Waals surface area contributed by atoms with E-state index in [2.05, 4.69) is 24.0 Å². The highest BCUT2D eigenvalue weighted by Gasteiger charge is 2.40. The van der Waals surface area contributed by atoms with Gasteiger partial charge in [0.05, 0.1) is 0 Å². The van der Waals surface area contributed by atoms with Gasteiger partial charge in [0, 0.05) is 30.7 Å². The topological polar surface area (TPSA) is 61.1 Å². The van der Waals surface area contributed by atoms with Crippen LogP contribution < -0.4 is 4.90 Å². The maximum Gasteiger partial charge on any atom is 0.356 e. The Morgan fingerprint density at radius 1 is 1.48 bits per heavy atom. The molecule has 0 aliphatic heterocycles. The molecule has 1 fully saturated rings. The number of carboxylic acids is 1. The molecule has 7 heteroatoms. The van der Waals surface area contributed by atoms with Gasteiger partial charge in [-0.2, -0.15) is 0 Å². The van der Waals surface area contributed by atoms with E-state index < -0.39 is 5.97 Å². The molecule has 0 amide bonds. The number of carbonyl (C=O) groups is 1. The standard InChI is InChI=1S/C14H20N4O2S/c1-16(2)14(5-4-6-14)9-17(3)11-10(12(19)20)18-7-8-21-13(18)15-11/h7-8H,4-6,9H2,1-3H3,(H,19,20). The van der Waals surface area contributed by atoms with Gasteiger partial charge in [0.25, 0.3) is 0 Å². The Kier molecular flexibility index (Phi) is 3.41. The Morgan fingerprint density at radius 2 is 2.19 bits per heavy atom. The number of nitrogens with zero attached hydrogens (tertiary/aromatic N) is 4. The smallest absolute Gasteiger partial charge is 0.356 e. The van der Waals surface area contributed by atoms with Gasteiger partial charge in [-0.15, -0.1) is 11.3 Å². The van der Waals surface area contributed by atoms with Crippen LogP contribution in [-0.4, -0.2) is 58.6 Å². The van der Waals surface area contributed by atoms with Crippen molar-refractivity contribution in [3.05, 3.63) is 17.3 Å². The Balaban J connectivity index is 1.94. The van der Waals surface area contributed by atoms with Crippen LogP contribution in [-0.2, 0) is 0 Å². The van der Waals surface area contributed by atoms with E-state index in [1.165, 1.54) is 17.8 Å². The molecule has 1 N–H and O–H groups in total. The van der Waals surface area contributed by atoms with Crippen LogP contribution >= 0.6 is 11.3 Å². The van der Waals surface area contributed by atoms with Gasteiger partial charge in [-0.1, -0.05) is 0 Å². The van der Waals surface area contributed by atoms with Crippen LogP contribution in [0.1, 0.15) is 29.8 Å². The molecule has 0 radical (unpaired) electrons. The SMILES string of the molecule is CN(CC1(N(C)C)CCC1)c1nc2sccn2c1C(=O)O. The third-order valence-electron chi connectivity index (χ3n) is 4.57. The minimum absolute atomic E-state index is 0.140. The molecule has 0 saturated heterocycles. The highest BCUT2D eigenvalue weighted by molar-refractivity contribution is 7.15. The largest absolute Gasteiger partial charge is 0.476 e. The fraction of sp³-hybridized carbons (Fsp3) is 0.571. The van der Waals surface area contributed by atoms with Crippen LogP contribution in [0, 0.1) is 0 Å². The number of hydrogen-bond acceptors (Lipinski definition) is 5. The Hall–Kier alpha value is -1.60. The van der Waals surface area contributed by atoms with Gasteiger partial charge >= 0.3 is 5.97 Å². The summed E-state index contributed by atoms with van der Waals surface area (Å²) in [6.45, 7) is 0.797. The number of anilines is 1. The summed E-state index contributed by atoms with van der Waals surface area (Å²) in [5.74, 6) is -0.377. The van der Waals surface area contributed by atoms with Crippen LogP contribution in [0.3, 0.4) is 0 Å². The number of thiazole rings is 1. The molecule has 1 aliphatic rings. The van der Waals surface area contributed by atoms with Crippen molar-refractivity contribution < 1.29 is 9.90 Å². The first kappa shape index (κ1) is 14.3. The van der Waals surface area contributed by atoms with Crippen molar-refractivity contribution in [2.45, 2.75) is 24.8 Å². The van der Waals surface area contributed by atoms with Gasteiger partial charge in [-0.3, -0.25) is 4.40 Å². The third kappa shape index (κ3) is 2.20. The molecule has 2 heterocycles. The fourth-order valence-corrected chi connectivity index (χ4v) is 3.80. The normalized spacial score (nSPS) is 17.1. The fourth-order valence-electron chi connectivity index (χ4n) is 3.09. The zero-order valence-electron chi connectivity index (χ0n) is 12.5. The van der Waals surface area contributed by atoms with E-state index in [0.29, 0.717) is 5.82 Å². The molecular weight excluding hydrogens is 288 g/mol. The summed E-state index contributed by atoms with van der Waals surface area (Å²) in [6, 6.07) is 0. The predicted molar refractivity (Wildman–Crippen MR) is 83.6 cm³/mol. The molecule has 21 heavy (non-hydrogen) atoms. The van der Waals surface area contributed by atoms with Gasteiger partial charge in [0.2, 0.25) is 0 Å². The van der Waals surface area contributed by atoms with Crippen molar-refractivity contribution in [3.8, 4) is 0 Å². The Bertz CT molecular complexity index is 672. The number of likely N-dealkylation sites (N-methyl/N-ethyl adjacent to an activating group) is 2. The predicted octanol–water partition coefficient (Wildman–Crippen LogP) is 2.01. The second-order valence-corrected chi connectivity index (χ2v) is 6.85. The molecule has 1 saturated carbocycles. The van der Waals surface area contributed by atoms with Crippen LogP contribution in [0.15, 0.2) is 11.6 Å². The molecule has 0 atom stereocenters. The lowest BCUT2D eigenvalue weighted by atomic mass is 9.75. The van der Waals surface area contributed by atoms with E-state index >= 15 is 0 Å². The summed E-state index contributed by atoms with van der Waals surface area (Å²) in [7, 11) is 6.12. The number of hydrogen-bond donors (Lipinski definition) is 1. The van der Waals surface area contributed by atoms with Crippen LogP contribution in [0.2, 0.25) is 0 Å². The summed E-state index contributed by atoms with van der Waals surface area (Å²) in [6.07, 6.45) is 5.29. The molecule has 114 valence electrons. The number of imidazole rings is 1. The number of aromatic carboxylic acids is 1. The molecule has 0 spiro atoms. The lowest BCUT2D eigenvalue weighted by molar-refractivity contribution is 0.0666. The zero-order valence-corrected chi connectivity index (χ0v) is 13.4. The Morgan fingerprint density at radius 3 is 2.71 bits per heavy atom. The summed E-state index contributed by atoms with van der Waals surface area (Å²) >= 11 is 1.45. The monoisotopic (exact) mass is 308 g/mol. The van der Waals surface area contributed by atoms with Crippen molar-refractivity contribution in [2.75, 3.05) is 32.6 Å². The van der Waals surface area contributed by atoms with Gasteiger partial charge in [0.1, 0.15) is 0 Å². The third-order valence-corrected chi connectivity index (χ3v) is 5.33. The van der Waals surface area contributed by atoms with E-state index in [9.17, 15) is 9.90 Å². The first-order chi connectivity index (χ1) is 9.94. The minimum Gasteiger partial charge on any atom is -0.476 e. The summed E-state index contributed by atoms with van der Waals surface area (Å²) < 4.78 is 1.65. The van der Waals surface area contributed by atoms with E-state index in [4.69, 9.17) is 0 Å². The number of fused-ring (bicyclic) bond motifs is 1. The second kappa shape index (κ2) is 4.99. The number of aromatic nitrogens is 2. The molecule has 0 aromatic carbocycles.